The number of allylic oxidation sites excluding steroid dienone is 1. The summed E-state index contributed by atoms with van der Waals surface area (Å²) in [6, 6.07) is 10.5. The van der Waals surface area contributed by atoms with E-state index in [4.69, 9.17) is 23.4 Å². The van der Waals surface area contributed by atoms with Crippen LogP contribution in [0.5, 0.6) is 0 Å². The van der Waals surface area contributed by atoms with Crippen LogP contribution < -0.4 is 0 Å². The summed E-state index contributed by atoms with van der Waals surface area (Å²) in [5.74, 6) is -3.15. The Morgan fingerprint density at radius 1 is 1.07 bits per heavy atom. The lowest BCUT2D eigenvalue weighted by molar-refractivity contribution is -0.276. The largest absolute Gasteiger partial charge is 0.472 e. The quantitative estimate of drug-likeness (QED) is 0.196. The van der Waals surface area contributed by atoms with Crippen LogP contribution in [0.15, 0.2) is 64.5 Å². The third-order valence-corrected chi connectivity index (χ3v) is 11.9. The molecule has 6 rings (SSSR count). The summed E-state index contributed by atoms with van der Waals surface area (Å²) in [5, 5.41) is 11.6. The van der Waals surface area contributed by atoms with Crippen LogP contribution in [-0.2, 0) is 33.3 Å². The standard InChI is InChI=1S/C36H42O10/c1-19-23(22-12-13-43-17-22)14-24-29(19)36(5)25(15-28(40)42-6)35(4)27(46-33(41)21-10-8-7-9-11-21)16-26(39)34(3,18-37)31(35)30(32(36)45-24)44-20(2)38/h7-13,17-18,23-27,30-32,39H,14-16H2,1-6H3/t23-,24-,25+,26-,27+,30-,31+,32-,34-,35+,36-/m1/s1. The minimum absolute atomic E-state index is 0.00753. The molecule has 11 atom stereocenters. The third-order valence-electron chi connectivity index (χ3n) is 11.9. The molecule has 0 unspecified atom stereocenters. The topological polar surface area (TPSA) is 139 Å². The Hall–Kier alpha value is -3.76. The fraction of sp³-hybridized carbons (Fsp3) is 0.556. The molecule has 1 aromatic carbocycles. The first kappa shape index (κ1) is 32.2. The molecule has 0 radical (unpaired) electrons. The zero-order valence-corrected chi connectivity index (χ0v) is 27.1. The first-order valence-electron chi connectivity index (χ1n) is 15.8. The van der Waals surface area contributed by atoms with Gasteiger partial charge < -0.3 is 33.3 Å². The van der Waals surface area contributed by atoms with Gasteiger partial charge in [-0.1, -0.05) is 37.6 Å². The molecule has 1 saturated heterocycles. The maximum absolute atomic E-state index is 13.6. The highest BCUT2D eigenvalue weighted by atomic mass is 16.6. The van der Waals surface area contributed by atoms with E-state index in [-0.39, 0.29) is 24.9 Å². The molecule has 3 fully saturated rings. The van der Waals surface area contributed by atoms with Gasteiger partial charge in [-0.05, 0) is 55.5 Å². The second-order valence-corrected chi connectivity index (χ2v) is 14.0. The Morgan fingerprint density at radius 2 is 1.78 bits per heavy atom. The van der Waals surface area contributed by atoms with Gasteiger partial charge in [0.2, 0.25) is 0 Å². The first-order valence-corrected chi connectivity index (χ1v) is 15.8. The van der Waals surface area contributed by atoms with Crippen LogP contribution in [0.25, 0.3) is 0 Å². The van der Waals surface area contributed by atoms with Crippen molar-refractivity contribution in [1.29, 1.82) is 0 Å². The molecule has 10 nitrogen and oxygen atoms in total. The van der Waals surface area contributed by atoms with Crippen molar-refractivity contribution in [3.05, 3.63) is 71.2 Å². The number of rotatable bonds is 7. The molecule has 246 valence electrons. The van der Waals surface area contributed by atoms with Crippen molar-refractivity contribution < 1.29 is 47.6 Å². The Labute approximate surface area is 268 Å². The highest BCUT2D eigenvalue weighted by Gasteiger charge is 2.76. The van der Waals surface area contributed by atoms with Crippen molar-refractivity contribution in [2.45, 2.75) is 90.3 Å². The van der Waals surface area contributed by atoms with Crippen LogP contribution in [0.2, 0.25) is 0 Å². The molecule has 1 N–H and O–H groups in total. The van der Waals surface area contributed by atoms with Gasteiger partial charge in [-0.25, -0.2) is 4.79 Å². The number of ether oxygens (including phenoxy) is 4. The molecule has 0 bridgehead atoms. The van der Waals surface area contributed by atoms with Gasteiger partial charge in [0.25, 0.3) is 0 Å². The summed E-state index contributed by atoms with van der Waals surface area (Å²) in [5.41, 5.74) is -0.141. The number of aliphatic hydroxyl groups excluding tert-OH is 1. The second kappa shape index (κ2) is 11.5. The minimum Gasteiger partial charge on any atom is -0.472 e. The Balaban J connectivity index is 1.59. The lowest BCUT2D eigenvalue weighted by atomic mass is 9.39. The molecular weight excluding hydrogens is 592 g/mol. The van der Waals surface area contributed by atoms with Crippen molar-refractivity contribution in [1.82, 2.24) is 0 Å². The highest BCUT2D eigenvalue weighted by molar-refractivity contribution is 5.89. The van der Waals surface area contributed by atoms with Gasteiger partial charge >= 0.3 is 17.9 Å². The van der Waals surface area contributed by atoms with Crippen molar-refractivity contribution >= 4 is 24.2 Å². The average molecular weight is 635 g/mol. The van der Waals surface area contributed by atoms with Gasteiger partial charge in [0.1, 0.15) is 24.6 Å². The maximum Gasteiger partial charge on any atom is 0.338 e. The van der Waals surface area contributed by atoms with Crippen LogP contribution in [0.3, 0.4) is 0 Å². The van der Waals surface area contributed by atoms with Gasteiger partial charge in [0, 0.05) is 42.4 Å². The number of aliphatic hydroxyl groups is 1. The summed E-state index contributed by atoms with van der Waals surface area (Å²) < 4.78 is 30.0. The number of furan rings is 1. The number of carbonyl (C=O) groups is 4. The Bertz CT molecular complexity index is 1550. The molecular formula is C36H42O10. The number of esters is 3. The highest BCUT2D eigenvalue weighted by Crippen LogP contribution is 2.72. The lowest BCUT2D eigenvalue weighted by Crippen LogP contribution is -2.73. The van der Waals surface area contributed by atoms with Crippen molar-refractivity contribution in [2.75, 3.05) is 7.11 Å². The van der Waals surface area contributed by atoms with E-state index in [1.54, 1.807) is 49.8 Å². The lowest BCUT2D eigenvalue weighted by Gasteiger charge is -2.66. The molecule has 3 aliphatic carbocycles. The van der Waals surface area contributed by atoms with Gasteiger partial charge in [0.15, 0.2) is 0 Å². The number of hydrogen-bond acceptors (Lipinski definition) is 10. The summed E-state index contributed by atoms with van der Waals surface area (Å²) in [6.07, 6.45) is 0.175. The van der Waals surface area contributed by atoms with Crippen molar-refractivity contribution in [3.8, 4) is 0 Å². The van der Waals surface area contributed by atoms with Crippen LogP contribution in [0, 0.1) is 28.1 Å². The first-order chi connectivity index (χ1) is 21.8. The van der Waals surface area contributed by atoms with Gasteiger partial charge in [-0.15, -0.1) is 0 Å². The molecule has 2 saturated carbocycles. The number of fused-ring (bicyclic) bond motifs is 4. The number of carbonyl (C=O) groups excluding carboxylic acids is 4. The fourth-order valence-electron chi connectivity index (χ4n) is 9.84. The van der Waals surface area contributed by atoms with E-state index in [1.165, 1.54) is 14.0 Å². The molecule has 0 spiro atoms. The summed E-state index contributed by atoms with van der Waals surface area (Å²) >= 11 is 0. The average Bonchev–Trinajstić information content (AvgIpc) is 3.74. The van der Waals surface area contributed by atoms with E-state index in [1.807, 2.05) is 19.9 Å². The predicted octanol–water partition coefficient (Wildman–Crippen LogP) is 4.80. The Morgan fingerprint density at radius 3 is 2.39 bits per heavy atom. The Kier molecular flexibility index (Phi) is 8.04. The van der Waals surface area contributed by atoms with Crippen LogP contribution in [0.1, 0.15) is 75.7 Å². The molecule has 2 heterocycles. The molecule has 4 aliphatic rings. The summed E-state index contributed by atoms with van der Waals surface area (Å²) in [7, 11) is 1.32. The second-order valence-electron chi connectivity index (χ2n) is 14.0. The van der Waals surface area contributed by atoms with E-state index in [0.717, 1.165) is 16.7 Å². The van der Waals surface area contributed by atoms with Crippen LogP contribution >= 0.6 is 0 Å². The molecule has 46 heavy (non-hydrogen) atoms. The number of methoxy groups -OCH3 is 1. The molecule has 1 aromatic heterocycles. The van der Waals surface area contributed by atoms with Gasteiger partial charge in [-0.3, -0.25) is 9.59 Å². The van der Waals surface area contributed by atoms with Crippen LogP contribution in [0.4, 0.5) is 0 Å². The van der Waals surface area contributed by atoms with Crippen molar-refractivity contribution in [3.63, 3.8) is 0 Å². The van der Waals surface area contributed by atoms with E-state index in [0.29, 0.717) is 18.3 Å². The van der Waals surface area contributed by atoms with Crippen molar-refractivity contribution in [2.24, 2.45) is 28.1 Å². The zero-order valence-electron chi connectivity index (χ0n) is 27.1. The normalized spacial score (nSPS) is 39.5. The smallest absolute Gasteiger partial charge is 0.338 e. The molecule has 2 aromatic rings. The molecule has 10 heteroatoms. The van der Waals surface area contributed by atoms with E-state index >= 15 is 0 Å². The number of aldehydes is 1. The third kappa shape index (κ3) is 4.59. The SMILES string of the molecule is COC(=O)C[C@@H]1[C@]2(C)C3=C(C)[C@H](c4ccoc4)C[C@H]3O[C@@H]2[C@H](OC(C)=O)[C@H]2[C@](C)(C=O)[C@H](O)C[C@H](OC(=O)c3ccccc3)[C@]12C. The number of benzene rings is 1. The van der Waals surface area contributed by atoms with Crippen LogP contribution in [-0.4, -0.2) is 66.9 Å². The fourth-order valence-corrected chi connectivity index (χ4v) is 9.84. The number of hydrogen-bond donors (Lipinski definition) is 1. The van der Waals surface area contributed by atoms with Gasteiger partial charge in [-0.2, -0.15) is 0 Å². The summed E-state index contributed by atoms with van der Waals surface area (Å²) in [6.45, 7) is 8.92. The zero-order chi connectivity index (χ0) is 33.2. The van der Waals surface area contributed by atoms with E-state index in [2.05, 4.69) is 6.92 Å². The maximum atomic E-state index is 13.6. The monoisotopic (exact) mass is 634 g/mol. The molecule has 0 amide bonds. The summed E-state index contributed by atoms with van der Waals surface area (Å²) in [4.78, 5) is 52.9. The molecule has 1 aliphatic heterocycles. The van der Waals surface area contributed by atoms with E-state index < -0.39 is 70.4 Å². The van der Waals surface area contributed by atoms with E-state index in [9.17, 15) is 24.3 Å². The predicted molar refractivity (Wildman–Crippen MR) is 163 cm³/mol. The van der Waals surface area contributed by atoms with Gasteiger partial charge in [0.05, 0.1) is 42.8 Å². The minimum atomic E-state index is -1.44.